The van der Waals surface area contributed by atoms with E-state index >= 15 is 8.78 Å². The molecule has 0 atom stereocenters. The Labute approximate surface area is 254 Å². The molecule has 0 bridgehead atoms. The highest BCUT2D eigenvalue weighted by Crippen LogP contribution is 2.46. The van der Waals surface area contributed by atoms with E-state index < -0.39 is 52.8 Å². The molecule has 1 heterocycles. The summed E-state index contributed by atoms with van der Waals surface area (Å²) in [4.78, 5) is 0. The first-order valence-electron chi connectivity index (χ1n) is 16.0. The van der Waals surface area contributed by atoms with Crippen molar-refractivity contribution in [3.05, 3.63) is 64.5 Å². The lowest BCUT2D eigenvalue weighted by atomic mass is 9.75. The Morgan fingerprint density at radius 2 is 1.30 bits per heavy atom. The predicted molar refractivity (Wildman–Crippen MR) is 151 cm³/mol. The molecule has 244 valence electrons. The van der Waals surface area contributed by atoms with Crippen LogP contribution in [-0.4, -0.2) is 25.6 Å². The maximum atomic E-state index is 15.3. The Morgan fingerprint density at radius 3 is 1.86 bits per heavy atom. The monoisotopic (exact) mass is 630 g/mol. The lowest BCUT2D eigenvalue weighted by molar-refractivity contribution is -0.229. The van der Waals surface area contributed by atoms with Crippen molar-refractivity contribution in [2.75, 3.05) is 13.2 Å². The van der Waals surface area contributed by atoms with Gasteiger partial charge in [0.15, 0.2) is 23.7 Å². The second-order valence-corrected chi connectivity index (χ2v) is 12.8. The first-order valence-corrected chi connectivity index (χ1v) is 16.0. The first-order chi connectivity index (χ1) is 21.1. The van der Waals surface area contributed by atoms with Gasteiger partial charge in [0.1, 0.15) is 17.4 Å². The summed E-state index contributed by atoms with van der Waals surface area (Å²) in [7, 11) is 0. The van der Waals surface area contributed by atoms with Crippen LogP contribution in [0.1, 0.15) is 107 Å². The van der Waals surface area contributed by atoms with Crippen molar-refractivity contribution in [3.8, 4) is 5.75 Å². The van der Waals surface area contributed by atoms with Gasteiger partial charge in [-0.1, -0.05) is 26.2 Å². The number of rotatable bonds is 10. The van der Waals surface area contributed by atoms with Gasteiger partial charge in [0, 0.05) is 29.5 Å². The van der Waals surface area contributed by atoms with Gasteiger partial charge in [0.05, 0.1) is 19.1 Å². The average molecular weight is 631 g/mol. The third-order valence-electron chi connectivity index (χ3n) is 9.76. The summed E-state index contributed by atoms with van der Waals surface area (Å²) in [6.45, 7) is 3.62. The maximum Gasteiger partial charge on any atom is 0.400 e. The van der Waals surface area contributed by atoms with Gasteiger partial charge in [-0.05, 0) is 87.3 Å². The second kappa shape index (κ2) is 14.4. The number of benzene rings is 2. The van der Waals surface area contributed by atoms with Crippen LogP contribution >= 0.6 is 0 Å². The number of unbranched alkanes of at least 4 members (excludes halogenated alkanes) is 2. The molecule has 3 fully saturated rings. The number of ether oxygens (including phenoxy) is 3. The molecular weight excluding hydrogens is 589 g/mol. The molecule has 10 heteroatoms. The molecule has 0 spiro atoms. The van der Waals surface area contributed by atoms with Crippen LogP contribution in [0.2, 0.25) is 0 Å². The largest absolute Gasteiger partial charge is 0.432 e. The fourth-order valence-electron chi connectivity index (χ4n) is 7.18. The topological polar surface area (TPSA) is 27.7 Å². The molecule has 1 saturated heterocycles. The molecule has 0 aromatic heterocycles. The van der Waals surface area contributed by atoms with E-state index in [0.717, 1.165) is 32.1 Å². The normalized spacial score (nSPS) is 28.2. The fourth-order valence-corrected chi connectivity index (χ4v) is 7.18. The van der Waals surface area contributed by atoms with Gasteiger partial charge in [-0.3, -0.25) is 0 Å². The average Bonchev–Trinajstić information content (AvgIpc) is 3.00. The molecule has 3 aliphatic rings. The van der Waals surface area contributed by atoms with E-state index in [0.29, 0.717) is 36.8 Å². The number of hydrogen-bond donors (Lipinski definition) is 0. The zero-order chi connectivity index (χ0) is 31.4. The van der Waals surface area contributed by atoms with Crippen LogP contribution in [0.15, 0.2) is 24.3 Å². The fraction of sp³-hybridized carbons (Fsp3) is 0.647. The standard InChI is InChI=1S/C34H41F7O3/c1-2-3-4-5-20-18-42-33(43-19-20)23-8-6-21(7-9-23)24-14-27(35)31(28(36)15-24)22-10-12-25(13-11-22)34(40,41)44-26-16-29(37)32(39)30(38)17-26/h14-17,20-23,25,33H,2-13,18-19H2,1H3. The van der Waals surface area contributed by atoms with Crippen LogP contribution in [0, 0.1) is 46.8 Å². The van der Waals surface area contributed by atoms with Crippen LogP contribution in [0.5, 0.6) is 5.75 Å². The summed E-state index contributed by atoms with van der Waals surface area (Å²) in [6.07, 6.45) is 3.88. The van der Waals surface area contributed by atoms with Crippen molar-refractivity contribution in [3.63, 3.8) is 0 Å². The van der Waals surface area contributed by atoms with Gasteiger partial charge in [-0.25, -0.2) is 22.0 Å². The lowest BCUT2D eigenvalue weighted by Gasteiger charge is -2.38. The third-order valence-corrected chi connectivity index (χ3v) is 9.76. The van der Waals surface area contributed by atoms with Crippen LogP contribution in [0.4, 0.5) is 30.7 Å². The van der Waals surface area contributed by atoms with Gasteiger partial charge in [0.2, 0.25) is 0 Å². The molecule has 5 rings (SSSR count). The van der Waals surface area contributed by atoms with E-state index in [1.807, 2.05) is 0 Å². The van der Waals surface area contributed by atoms with Gasteiger partial charge in [-0.15, -0.1) is 0 Å². The van der Waals surface area contributed by atoms with Crippen molar-refractivity contribution < 1.29 is 44.9 Å². The number of alkyl halides is 2. The minimum Gasteiger partial charge on any atom is -0.432 e. The zero-order valence-electron chi connectivity index (χ0n) is 25.0. The molecule has 3 nitrogen and oxygen atoms in total. The van der Waals surface area contributed by atoms with Crippen molar-refractivity contribution >= 4 is 0 Å². The summed E-state index contributed by atoms with van der Waals surface area (Å²) >= 11 is 0. The highest BCUT2D eigenvalue weighted by molar-refractivity contribution is 5.32. The highest BCUT2D eigenvalue weighted by Gasteiger charge is 2.45. The Balaban J connectivity index is 1.12. The Kier molecular flexibility index (Phi) is 10.8. The third kappa shape index (κ3) is 7.72. The zero-order valence-corrected chi connectivity index (χ0v) is 25.0. The molecular formula is C34H41F7O3. The minimum absolute atomic E-state index is 0.0161. The molecule has 0 N–H and O–H groups in total. The van der Waals surface area contributed by atoms with Crippen molar-refractivity contribution in [2.45, 2.75) is 108 Å². The van der Waals surface area contributed by atoms with Crippen LogP contribution in [0.25, 0.3) is 0 Å². The van der Waals surface area contributed by atoms with Crippen LogP contribution < -0.4 is 4.74 Å². The van der Waals surface area contributed by atoms with Gasteiger partial charge in [-0.2, -0.15) is 8.78 Å². The van der Waals surface area contributed by atoms with Crippen molar-refractivity contribution in [2.24, 2.45) is 17.8 Å². The van der Waals surface area contributed by atoms with Crippen molar-refractivity contribution in [1.29, 1.82) is 0 Å². The van der Waals surface area contributed by atoms with E-state index in [1.54, 1.807) is 0 Å². The number of halogens is 7. The van der Waals surface area contributed by atoms with Crippen LogP contribution in [-0.2, 0) is 9.47 Å². The molecule has 1 aliphatic heterocycles. The van der Waals surface area contributed by atoms with E-state index in [2.05, 4.69) is 11.7 Å². The Morgan fingerprint density at radius 1 is 0.727 bits per heavy atom. The highest BCUT2D eigenvalue weighted by atomic mass is 19.3. The molecule has 0 unspecified atom stereocenters. The molecule has 0 amide bonds. The minimum atomic E-state index is -3.80. The number of hydrogen-bond acceptors (Lipinski definition) is 3. The smallest absolute Gasteiger partial charge is 0.400 e. The molecule has 2 aliphatic carbocycles. The van der Waals surface area contributed by atoms with Gasteiger partial charge in [0.25, 0.3) is 0 Å². The summed E-state index contributed by atoms with van der Waals surface area (Å²) < 4.78 is 117. The summed E-state index contributed by atoms with van der Waals surface area (Å²) in [5.41, 5.74) is 0.515. The maximum absolute atomic E-state index is 15.3. The summed E-state index contributed by atoms with van der Waals surface area (Å²) in [5.74, 6) is -8.43. The van der Waals surface area contributed by atoms with Gasteiger partial charge >= 0.3 is 6.11 Å². The molecule has 2 saturated carbocycles. The predicted octanol–water partition coefficient (Wildman–Crippen LogP) is 10.2. The lowest BCUT2D eigenvalue weighted by Crippen LogP contribution is -2.38. The second-order valence-electron chi connectivity index (χ2n) is 12.8. The van der Waals surface area contributed by atoms with E-state index in [-0.39, 0.29) is 49.4 Å². The van der Waals surface area contributed by atoms with E-state index in [4.69, 9.17) is 9.47 Å². The molecule has 2 aromatic rings. The molecule has 44 heavy (non-hydrogen) atoms. The molecule has 2 aromatic carbocycles. The van der Waals surface area contributed by atoms with E-state index in [1.165, 1.54) is 31.4 Å². The summed E-state index contributed by atoms with van der Waals surface area (Å²) in [6, 6.07) is 3.50. The molecule has 0 radical (unpaired) electrons. The van der Waals surface area contributed by atoms with Crippen LogP contribution in [0.3, 0.4) is 0 Å². The van der Waals surface area contributed by atoms with Gasteiger partial charge < -0.3 is 14.2 Å². The quantitative estimate of drug-likeness (QED) is 0.149. The first kappa shape index (κ1) is 33.0. The van der Waals surface area contributed by atoms with Crippen molar-refractivity contribution in [1.82, 2.24) is 0 Å². The SMILES string of the molecule is CCCCCC1COC(C2CCC(c3cc(F)c(C4CCC(C(F)(F)Oc5cc(F)c(F)c(F)c5)CC4)c(F)c3)CC2)OC1. The Bertz CT molecular complexity index is 1200. The van der Waals surface area contributed by atoms with E-state index in [9.17, 15) is 22.0 Å². The Hall–Kier alpha value is -2.33. The summed E-state index contributed by atoms with van der Waals surface area (Å²) in [5, 5.41) is 0.